The Balaban J connectivity index is 1.52. The van der Waals surface area contributed by atoms with Crippen LogP contribution in [0, 0.1) is 0 Å². The molecule has 0 aliphatic carbocycles. The standard InChI is InChI=1S/C26H20N2O/c29-26(21-16-14-20(15-17-21)19-8-2-1-3-9-19)28-18-22-10-4-5-11-23(22)27-24-12-6-7-13-25(24)28/h1-17,27H,18H2. The molecule has 0 radical (unpaired) electrons. The lowest BCUT2D eigenvalue weighted by molar-refractivity contribution is 0.0985. The number of fused-ring (bicyclic) bond motifs is 2. The number of nitrogens with zero attached hydrogens (tertiary/aromatic N) is 1. The lowest BCUT2D eigenvalue weighted by Crippen LogP contribution is -2.30. The molecule has 0 saturated heterocycles. The molecule has 1 aliphatic heterocycles. The SMILES string of the molecule is O=C(c1ccc(-c2ccccc2)cc1)N1Cc2ccccc2Nc2ccccc21. The number of hydrogen-bond acceptors (Lipinski definition) is 2. The number of para-hydroxylation sites is 3. The van der Waals surface area contributed by atoms with Gasteiger partial charge in [-0.3, -0.25) is 4.79 Å². The Labute approximate surface area is 170 Å². The van der Waals surface area contributed by atoms with Gasteiger partial charge >= 0.3 is 0 Å². The zero-order valence-electron chi connectivity index (χ0n) is 15.9. The molecule has 1 amide bonds. The number of rotatable bonds is 2. The first-order chi connectivity index (χ1) is 14.3. The molecule has 1 N–H and O–H groups in total. The summed E-state index contributed by atoms with van der Waals surface area (Å²) in [5.41, 5.74) is 6.88. The predicted octanol–water partition coefficient (Wildman–Crippen LogP) is 6.26. The summed E-state index contributed by atoms with van der Waals surface area (Å²) in [6, 6.07) is 34.1. The molecule has 3 nitrogen and oxygen atoms in total. The van der Waals surface area contributed by atoms with Gasteiger partial charge in [-0.1, -0.05) is 72.8 Å². The van der Waals surface area contributed by atoms with Crippen LogP contribution in [-0.2, 0) is 6.54 Å². The topological polar surface area (TPSA) is 32.3 Å². The smallest absolute Gasteiger partial charge is 0.258 e. The molecule has 4 aromatic carbocycles. The molecule has 0 aromatic heterocycles. The summed E-state index contributed by atoms with van der Waals surface area (Å²) in [5, 5.41) is 3.48. The lowest BCUT2D eigenvalue weighted by Gasteiger charge is -2.23. The fraction of sp³-hybridized carbons (Fsp3) is 0.0385. The van der Waals surface area contributed by atoms with Crippen LogP contribution in [0.25, 0.3) is 11.1 Å². The van der Waals surface area contributed by atoms with Gasteiger partial charge in [0.05, 0.1) is 17.9 Å². The second kappa shape index (κ2) is 7.28. The highest BCUT2D eigenvalue weighted by molar-refractivity contribution is 6.08. The highest BCUT2D eigenvalue weighted by atomic mass is 16.2. The van der Waals surface area contributed by atoms with E-state index in [1.807, 2.05) is 83.8 Å². The zero-order valence-corrected chi connectivity index (χ0v) is 15.9. The first-order valence-corrected chi connectivity index (χ1v) is 9.71. The highest BCUT2D eigenvalue weighted by Gasteiger charge is 2.24. The third kappa shape index (κ3) is 3.27. The van der Waals surface area contributed by atoms with Crippen molar-refractivity contribution in [3.63, 3.8) is 0 Å². The van der Waals surface area contributed by atoms with Gasteiger partial charge < -0.3 is 10.2 Å². The number of nitrogens with one attached hydrogen (secondary N) is 1. The van der Waals surface area contributed by atoms with Crippen LogP contribution in [0.4, 0.5) is 17.1 Å². The molecular formula is C26H20N2O. The number of anilines is 3. The average Bonchev–Trinajstić information content (AvgIpc) is 2.96. The van der Waals surface area contributed by atoms with E-state index in [1.165, 1.54) is 0 Å². The van der Waals surface area contributed by atoms with E-state index in [0.717, 1.165) is 33.8 Å². The summed E-state index contributed by atoms with van der Waals surface area (Å²) in [6.07, 6.45) is 0. The third-order valence-electron chi connectivity index (χ3n) is 5.29. The number of hydrogen-bond donors (Lipinski definition) is 1. The van der Waals surface area contributed by atoms with E-state index in [2.05, 4.69) is 29.6 Å². The van der Waals surface area contributed by atoms with Crippen LogP contribution < -0.4 is 10.2 Å². The number of carbonyl (C=O) groups excluding carboxylic acids is 1. The zero-order chi connectivity index (χ0) is 19.6. The van der Waals surface area contributed by atoms with Crippen molar-refractivity contribution >= 4 is 23.0 Å². The largest absolute Gasteiger partial charge is 0.354 e. The second-order valence-corrected chi connectivity index (χ2v) is 7.13. The van der Waals surface area contributed by atoms with Crippen molar-refractivity contribution in [2.24, 2.45) is 0 Å². The van der Waals surface area contributed by atoms with Crippen LogP contribution in [0.2, 0.25) is 0 Å². The third-order valence-corrected chi connectivity index (χ3v) is 5.29. The summed E-state index contributed by atoms with van der Waals surface area (Å²) in [6.45, 7) is 0.527. The fourth-order valence-electron chi connectivity index (χ4n) is 3.77. The minimum atomic E-state index is -0.00411. The molecule has 0 spiro atoms. The molecule has 140 valence electrons. The Bertz CT molecular complexity index is 1170. The molecule has 5 rings (SSSR count). The Hall–Kier alpha value is -3.85. The Morgan fingerprint density at radius 2 is 1.28 bits per heavy atom. The Kier molecular flexibility index (Phi) is 4.34. The fourth-order valence-corrected chi connectivity index (χ4v) is 3.77. The Morgan fingerprint density at radius 1 is 0.655 bits per heavy atom. The predicted molar refractivity (Wildman–Crippen MR) is 119 cm³/mol. The first-order valence-electron chi connectivity index (χ1n) is 9.71. The molecule has 1 heterocycles. The van der Waals surface area contributed by atoms with Gasteiger partial charge in [0.2, 0.25) is 0 Å². The van der Waals surface area contributed by atoms with Gasteiger partial charge in [-0.05, 0) is 47.0 Å². The minimum Gasteiger partial charge on any atom is -0.354 e. The molecule has 0 bridgehead atoms. The van der Waals surface area contributed by atoms with E-state index in [1.54, 1.807) is 0 Å². The molecule has 4 aromatic rings. The highest BCUT2D eigenvalue weighted by Crippen LogP contribution is 2.36. The number of carbonyl (C=O) groups is 1. The van der Waals surface area contributed by atoms with Crippen LogP contribution >= 0.6 is 0 Å². The van der Waals surface area contributed by atoms with E-state index in [-0.39, 0.29) is 5.91 Å². The lowest BCUT2D eigenvalue weighted by atomic mass is 10.0. The summed E-state index contributed by atoms with van der Waals surface area (Å²) < 4.78 is 0. The monoisotopic (exact) mass is 376 g/mol. The first kappa shape index (κ1) is 17.3. The van der Waals surface area contributed by atoms with Crippen LogP contribution in [0.3, 0.4) is 0 Å². The van der Waals surface area contributed by atoms with Gasteiger partial charge in [0, 0.05) is 11.3 Å². The van der Waals surface area contributed by atoms with Crippen molar-refractivity contribution in [1.82, 2.24) is 0 Å². The summed E-state index contributed by atoms with van der Waals surface area (Å²) >= 11 is 0. The molecule has 0 fully saturated rings. The van der Waals surface area contributed by atoms with E-state index in [0.29, 0.717) is 12.1 Å². The van der Waals surface area contributed by atoms with Crippen molar-refractivity contribution in [3.8, 4) is 11.1 Å². The van der Waals surface area contributed by atoms with Crippen LogP contribution in [0.15, 0.2) is 103 Å². The normalized spacial score (nSPS) is 12.3. The van der Waals surface area contributed by atoms with E-state index in [9.17, 15) is 4.79 Å². The van der Waals surface area contributed by atoms with Gasteiger partial charge in [-0.15, -0.1) is 0 Å². The van der Waals surface area contributed by atoms with Crippen LogP contribution in [0.1, 0.15) is 15.9 Å². The van der Waals surface area contributed by atoms with Gasteiger partial charge in [0.15, 0.2) is 0 Å². The van der Waals surface area contributed by atoms with Crippen LogP contribution in [-0.4, -0.2) is 5.91 Å². The molecule has 1 aliphatic rings. The molecule has 3 heteroatoms. The van der Waals surface area contributed by atoms with Crippen molar-refractivity contribution in [2.75, 3.05) is 10.2 Å². The molecule has 0 unspecified atom stereocenters. The minimum absolute atomic E-state index is 0.00411. The van der Waals surface area contributed by atoms with Crippen molar-refractivity contribution < 1.29 is 4.79 Å². The van der Waals surface area contributed by atoms with E-state index < -0.39 is 0 Å². The average molecular weight is 376 g/mol. The van der Waals surface area contributed by atoms with Crippen molar-refractivity contribution in [3.05, 3.63) is 114 Å². The van der Waals surface area contributed by atoms with Gasteiger partial charge in [0.1, 0.15) is 0 Å². The van der Waals surface area contributed by atoms with Gasteiger partial charge in [0.25, 0.3) is 5.91 Å². The van der Waals surface area contributed by atoms with Gasteiger partial charge in [-0.25, -0.2) is 0 Å². The summed E-state index contributed by atoms with van der Waals surface area (Å²) in [7, 11) is 0. The van der Waals surface area contributed by atoms with Crippen LogP contribution in [0.5, 0.6) is 0 Å². The van der Waals surface area contributed by atoms with E-state index in [4.69, 9.17) is 0 Å². The maximum atomic E-state index is 13.5. The molecule has 29 heavy (non-hydrogen) atoms. The number of amides is 1. The van der Waals surface area contributed by atoms with Crippen molar-refractivity contribution in [2.45, 2.75) is 6.54 Å². The quantitative estimate of drug-likeness (QED) is 0.448. The summed E-state index contributed by atoms with van der Waals surface area (Å²) in [5.74, 6) is -0.00411. The summed E-state index contributed by atoms with van der Waals surface area (Å²) in [4.78, 5) is 15.3. The van der Waals surface area contributed by atoms with Gasteiger partial charge in [-0.2, -0.15) is 0 Å². The van der Waals surface area contributed by atoms with Crippen molar-refractivity contribution in [1.29, 1.82) is 0 Å². The Morgan fingerprint density at radius 3 is 2.07 bits per heavy atom. The maximum absolute atomic E-state index is 13.5. The molecule has 0 saturated carbocycles. The molecular weight excluding hydrogens is 356 g/mol. The second-order valence-electron chi connectivity index (χ2n) is 7.13. The van der Waals surface area contributed by atoms with E-state index >= 15 is 0 Å². The maximum Gasteiger partial charge on any atom is 0.258 e. The molecule has 0 atom stereocenters. The number of benzene rings is 4.